The first-order chi connectivity index (χ1) is 8.31. The molecule has 0 amide bonds. The smallest absolute Gasteiger partial charge is 0.0953 e. The molecule has 1 N–H and O–H groups in total. The second-order valence-corrected chi connectivity index (χ2v) is 4.99. The predicted octanol–water partition coefficient (Wildman–Crippen LogP) is 2.06. The van der Waals surface area contributed by atoms with Crippen molar-refractivity contribution >= 4 is 11.3 Å². The van der Waals surface area contributed by atoms with Crippen molar-refractivity contribution in [3.63, 3.8) is 0 Å². The van der Waals surface area contributed by atoms with Gasteiger partial charge in [-0.3, -0.25) is 0 Å². The molecular formula is C12H18N4S. The van der Waals surface area contributed by atoms with Gasteiger partial charge >= 0.3 is 0 Å². The van der Waals surface area contributed by atoms with Gasteiger partial charge in [-0.25, -0.2) is 9.97 Å². The van der Waals surface area contributed by atoms with E-state index in [2.05, 4.69) is 38.4 Å². The molecular weight excluding hydrogens is 232 g/mol. The van der Waals surface area contributed by atoms with Crippen LogP contribution in [0.2, 0.25) is 0 Å². The maximum absolute atomic E-state index is 4.60. The lowest BCUT2D eigenvalue weighted by atomic mass is 10.3. The summed E-state index contributed by atoms with van der Waals surface area (Å²) in [5, 5.41) is 6.47. The van der Waals surface area contributed by atoms with E-state index in [9.17, 15) is 0 Å². The number of nitrogens with zero attached hydrogens (tertiary/aromatic N) is 3. The van der Waals surface area contributed by atoms with Gasteiger partial charge in [-0.2, -0.15) is 0 Å². The van der Waals surface area contributed by atoms with Crippen molar-refractivity contribution in [2.75, 3.05) is 7.05 Å². The number of aromatic nitrogens is 3. The summed E-state index contributed by atoms with van der Waals surface area (Å²) in [6.07, 6.45) is 6.17. The third kappa shape index (κ3) is 3.38. The van der Waals surface area contributed by atoms with Crippen LogP contribution in [-0.2, 0) is 19.5 Å². The molecule has 0 bridgehead atoms. The molecule has 0 unspecified atom stereocenters. The molecule has 17 heavy (non-hydrogen) atoms. The molecule has 5 heteroatoms. The number of aryl methyl sites for hydroxylation is 1. The van der Waals surface area contributed by atoms with Crippen molar-refractivity contribution in [1.82, 2.24) is 19.9 Å². The zero-order valence-electron chi connectivity index (χ0n) is 10.3. The summed E-state index contributed by atoms with van der Waals surface area (Å²) in [7, 11) is 1.93. The van der Waals surface area contributed by atoms with Gasteiger partial charge in [0.15, 0.2) is 0 Å². The normalized spacial score (nSPS) is 10.9. The number of rotatable bonds is 6. The molecule has 2 rings (SSSR count). The summed E-state index contributed by atoms with van der Waals surface area (Å²) in [4.78, 5) is 8.93. The van der Waals surface area contributed by atoms with Gasteiger partial charge in [-0.1, -0.05) is 6.92 Å². The molecule has 2 aromatic heterocycles. The van der Waals surface area contributed by atoms with Crippen LogP contribution in [0.4, 0.5) is 0 Å². The molecule has 0 aliphatic carbocycles. The van der Waals surface area contributed by atoms with Crippen molar-refractivity contribution in [2.24, 2.45) is 0 Å². The Morgan fingerprint density at radius 2 is 2.29 bits per heavy atom. The van der Waals surface area contributed by atoms with E-state index in [1.54, 1.807) is 11.3 Å². The monoisotopic (exact) mass is 250 g/mol. The molecule has 92 valence electrons. The zero-order valence-corrected chi connectivity index (χ0v) is 11.1. The summed E-state index contributed by atoms with van der Waals surface area (Å²) in [6.45, 7) is 3.81. The van der Waals surface area contributed by atoms with Crippen molar-refractivity contribution in [2.45, 2.75) is 32.9 Å². The van der Waals surface area contributed by atoms with Gasteiger partial charge in [0.25, 0.3) is 0 Å². The van der Waals surface area contributed by atoms with Crippen molar-refractivity contribution < 1.29 is 0 Å². The minimum Gasteiger partial charge on any atom is -0.331 e. The lowest BCUT2D eigenvalue weighted by Crippen LogP contribution is -2.05. The highest BCUT2D eigenvalue weighted by molar-refractivity contribution is 7.09. The van der Waals surface area contributed by atoms with E-state index in [0.29, 0.717) is 0 Å². The Kier molecular flexibility index (Phi) is 4.28. The van der Waals surface area contributed by atoms with Crippen LogP contribution in [0.25, 0.3) is 0 Å². The maximum atomic E-state index is 4.60. The molecule has 2 aromatic rings. The fourth-order valence-electron chi connectivity index (χ4n) is 1.70. The summed E-state index contributed by atoms with van der Waals surface area (Å²) >= 11 is 1.75. The second-order valence-electron chi connectivity index (χ2n) is 4.05. The lowest BCUT2D eigenvalue weighted by molar-refractivity contribution is 0.764. The highest BCUT2D eigenvalue weighted by Gasteiger charge is 2.03. The fourth-order valence-corrected chi connectivity index (χ4v) is 2.59. The van der Waals surface area contributed by atoms with E-state index >= 15 is 0 Å². The largest absolute Gasteiger partial charge is 0.331 e. The molecule has 0 fully saturated rings. The molecule has 0 saturated heterocycles. The molecule has 0 aromatic carbocycles. The van der Waals surface area contributed by atoms with Crippen molar-refractivity contribution in [3.8, 4) is 0 Å². The Labute approximate surface area is 106 Å². The third-order valence-corrected chi connectivity index (χ3v) is 3.41. The summed E-state index contributed by atoms with van der Waals surface area (Å²) in [5.74, 6) is 0. The minimum absolute atomic E-state index is 0.811. The maximum Gasteiger partial charge on any atom is 0.0953 e. The van der Waals surface area contributed by atoms with Gasteiger partial charge in [0, 0.05) is 18.1 Å². The van der Waals surface area contributed by atoms with Crippen LogP contribution in [0.5, 0.6) is 0 Å². The Bertz CT molecular complexity index is 418. The Morgan fingerprint density at radius 1 is 1.41 bits per heavy atom. The fraction of sp³-hybridized carbons (Fsp3) is 0.500. The van der Waals surface area contributed by atoms with Crippen LogP contribution in [0.1, 0.15) is 29.7 Å². The number of thiazole rings is 1. The van der Waals surface area contributed by atoms with E-state index < -0.39 is 0 Å². The highest BCUT2D eigenvalue weighted by Crippen LogP contribution is 2.13. The molecule has 0 radical (unpaired) electrons. The first kappa shape index (κ1) is 12.3. The highest BCUT2D eigenvalue weighted by atomic mass is 32.1. The molecule has 2 heterocycles. The van der Waals surface area contributed by atoms with Crippen LogP contribution >= 0.6 is 11.3 Å². The standard InChI is InChI=1S/C12H18N4S/c1-3-4-12-15-11(8-17-12)7-16-6-10(5-13-2)14-9-16/h6,8-9,13H,3-5,7H2,1-2H3. The minimum atomic E-state index is 0.811. The number of imidazole rings is 1. The first-order valence-electron chi connectivity index (χ1n) is 5.90. The Balaban J connectivity index is 1.98. The number of hydrogen-bond acceptors (Lipinski definition) is 4. The zero-order chi connectivity index (χ0) is 12.1. The average Bonchev–Trinajstić information content (AvgIpc) is 2.91. The van der Waals surface area contributed by atoms with Crippen LogP contribution < -0.4 is 5.32 Å². The van der Waals surface area contributed by atoms with Crippen LogP contribution in [0.15, 0.2) is 17.9 Å². The van der Waals surface area contributed by atoms with Crippen LogP contribution in [0.3, 0.4) is 0 Å². The molecule has 0 aliphatic rings. The summed E-state index contributed by atoms with van der Waals surface area (Å²) in [5.41, 5.74) is 2.20. The Morgan fingerprint density at radius 3 is 3.06 bits per heavy atom. The van der Waals surface area contributed by atoms with Gasteiger partial charge in [0.05, 0.1) is 29.3 Å². The van der Waals surface area contributed by atoms with Crippen molar-refractivity contribution in [3.05, 3.63) is 34.3 Å². The van der Waals surface area contributed by atoms with Gasteiger partial charge in [0.2, 0.25) is 0 Å². The van der Waals surface area contributed by atoms with E-state index in [0.717, 1.165) is 37.3 Å². The van der Waals surface area contributed by atoms with Gasteiger partial charge < -0.3 is 9.88 Å². The second kappa shape index (κ2) is 5.93. The molecule has 4 nitrogen and oxygen atoms in total. The average molecular weight is 250 g/mol. The van der Waals surface area contributed by atoms with E-state index in [4.69, 9.17) is 0 Å². The van der Waals surface area contributed by atoms with Crippen LogP contribution in [-0.4, -0.2) is 21.6 Å². The molecule has 0 atom stereocenters. The SMILES string of the molecule is CCCc1nc(Cn2cnc(CNC)c2)cs1. The van der Waals surface area contributed by atoms with Crippen molar-refractivity contribution in [1.29, 1.82) is 0 Å². The topological polar surface area (TPSA) is 42.7 Å². The van der Waals surface area contributed by atoms with Gasteiger partial charge in [0.1, 0.15) is 0 Å². The third-order valence-electron chi connectivity index (χ3n) is 2.45. The van der Waals surface area contributed by atoms with Crippen LogP contribution in [0, 0.1) is 0 Å². The lowest BCUT2D eigenvalue weighted by Gasteiger charge is -1.97. The van der Waals surface area contributed by atoms with E-state index in [1.165, 1.54) is 5.01 Å². The number of hydrogen-bond donors (Lipinski definition) is 1. The quantitative estimate of drug-likeness (QED) is 0.853. The Hall–Kier alpha value is -1.20. The van der Waals surface area contributed by atoms with E-state index in [-0.39, 0.29) is 0 Å². The summed E-state index contributed by atoms with van der Waals surface area (Å²) < 4.78 is 2.08. The van der Waals surface area contributed by atoms with Gasteiger partial charge in [-0.15, -0.1) is 11.3 Å². The van der Waals surface area contributed by atoms with E-state index in [1.807, 2.05) is 13.4 Å². The number of nitrogens with one attached hydrogen (secondary N) is 1. The van der Waals surface area contributed by atoms with Gasteiger partial charge in [-0.05, 0) is 19.9 Å². The summed E-state index contributed by atoms with van der Waals surface area (Å²) in [6, 6.07) is 0. The molecule has 0 aliphatic heterocycles. The molecule has 0 saturated carbocycles. The predicted molar refractivity (Wildman–Crippen MR) is 70.2 cm³/mol. The molecule has 0 spiro atoms. The first-order valence-corrected chi connectivity index (χ1v) is 6.78.